The third kappa shape index (κ3) is 6.04. The van der Waals surface area contributed by atoms with Crippen LogP contribution in [-0.2, 0) is 14.2 Å². The van der Waals surface area contributed by atoms with E-state index in [1.54, 1.807) is 7.11 Å². The predicted octanol–water partition coefficient (Wildman–Crippen LogP) is 2.91. The van der Waals surface area contributed by atoms with E-state index in [0.717, 1.165) is 0 Å². The first-order valence-corrected chi connectivity index (χ1v) is 6.42. The Bertz CT molecular complexity index is 228. The van der Waals surface area contributed by atoms with Gasteiger partial charge in [0.1, 0.15) is 6.79 Å². The second-order valence-electron chi connectivity index (χ2n) is 4.42. The van der Waals surface area contributed by atoms with Crippen molar-refractivity contribution >= 4 is 0 Å². The molecular weight excluding hydrogens is 216 g/mol. The molecule has 0 aliphatic heterocycles. The maximum Gasteiger partial charge on any atom is 0.147 e. The van der Waals surface area contributed by atoms with E-state index in [9.17, 15) is 0 Å². The van der Waals surface area contributed by atoms with Gasteiger partial charge < -0.3 is 14.2 Å². The van der Waals surface area contributed by atoms with E-state index in [0.29, 0.717) is 25.9 Å². The summed E-state index contributed by atoms with van der Waals surface area (Å²) in [4.78, 5) is 0. The van der Waals surface area contributed by atoms with Crippen molar-refractivity contribution in [2.75, 3.05) is 27.1 Å². The molecule has 0 amide bonds. The number of hydrogen-bond acceptors (Lipinski definition) is 3. The molecule has 1 aliphatic rings. The molecule has 98 valence electrons. The second kappa shape index (κ2) is 9.43. The van der Waals surface area contributed by atoms with Crippen molar-refractivity contribution in [2.24, 2.45) is 5.92 Å². The Hall–Kier alpha value is -0.600. The number of ether oxygens (including phenoxy) is 3. The zero-order valence-corrected chi connectivity index (χ0v) is 10.8. The lowest BCUT2D eigenvalue weighted by Crippen LogP contribution is -2.25. The molecule has 0 heterocycles. The van der Waals surface area contributed by atoms with Crippen molar-refractivity contribution < 1.29 is 14.2 Å². The molecule has 1 fully saturated rings. The van der Waals surface area contributed by atoms with Crippen LogP contribution in [0.4, 0.5) is 0 Å². The summed E-state index contributed by atoms with van der Waals surface area (Å²) in [5, 5.41) is 0. The first kappa shape index (κ1) is 14.5. The minimum Gasteiger partial charge on any atom is -0.382 e. The van der Waals surface area contributed by atoms with Crippen LogP contribution >= 0.6 is 0 Å². The van der Waals surface area contributed by atoms with E-state index in [2.05, 4.69) is 12.3 Å². The van der Waals surface area contributed by atoms with Crippen LogP contribution < -0.4 is 0 Å². The molecule has 0 spiro atoms. The van der Waals surface area contributed by atoms with Crippen molar-refractivity contribution in [3.8, 4) is 0 Å². The van der Waals surface area contributed by atoms with Gasteiger partial charge in [0.25, 0.3) is 0 Å². The lowest BCUT2D eigenvalue weighted by molar-refractivity contribution is -0.101. The van der Waals surface area contributed by atoms with Crippen LogP contribution in [0.3, 0.4) is 0 Å². The van der Waals surface area contributed by atoms with E-state index in [1.807, 2.05) is 6.08 Å². The lowest BCUT2D eigenvalue weighted by atomic mass is 9.85. The standard InChI is InChI=1S/C14H24O3/c1-3-7-14(13-8-5-4-6-9-13)17-12-16-11-10-15-2/h7,13-14H,1,4-6,8-12H2,2H3. The summed E-state index contributed by atoms with van der Waals surface area (Å²) < 4.78 is 16.0. The maximum absolute atomic E-state index is 5.73. The van der Waals surface area contributed by atoms with Gasteiger partial charge in [-0.3, -0.25) is 0 Å². The molecule has 1 aliphatic carbocycles. The van der Waals surface area contributed by atoms with Gasteiger partial charge in [-0.25, -0.2) is 0 Å². The average molecular weight is 240 g/mol. The van der Waals surface area contributed by atoms with Gasteiger partial charge in [-0.05, 0) is 24.8 Å². The second-order valence-corrected chi connectivity index (χ2v) is 4.42. The predicted molar refractivity (Wildman–Crippen MR) is 67.9 cm³/mol. The monoisotopic (exact) mass is 240 g/mol. The quantitative estimate of drug-likeness (QED) is 0.371. The van der Waals surface area contributed by atoms with Gasteiger partial charge in [-0.2, -0.15) is 0 Å². The first-order valence-electron chi connectivity index (χ1n) is 6.42. The molecule has 0 aromatic rings. The molecule has 1 saturated carbocycles. The van der Waals surface area contributed by atoms with Crippen LogP contribution in [0.25, 0.3) is 0 Å². The highest BCUT2D eigenvalue weighted by Crippen LogP contribution is 2.28. The molecular formula is C14H24O3. The van der Waals surface area contributed by atoms with Crippen LogP contribution in [0.2, 0.25) is 0 Å². The summed E-state index contributed by atoms with van der Waals surface area (Å²) in [6.45, 7) is 5.13. The molecule has 1 atom stereocenters. The topological polar surface area (TPSA) is 27.7 Å². The Morgan fingerprint density at radius 1 is 1.29 bits per heavy atom. The summed E-state index contributed by atoms with van der Waals surface area (Å²) in [5.74, 6) is 0.601. The van der Waals surface area contributed by atoms with Crippen molar-refractivity contribution in [2.45, 2.75) is 38.2 Å². The van der Waals surface area contributed by atoms with Gasteiger partial charge in [-0.1, -0.05) is 25.8 Å². The van der Waals surface area contributed by atoms with E-state index < -0.39 is 0 Å². The summed E-state index contributed by atoms with van der Waals surface area (Å²) in [6, 6.07) is 0. The van der Waals surface area contributed by atoms with Gasteiger partial charge >= 0.3 is 0 Å². The third-order valence-corrected chi connectivity index (χ3v) is 3.17. The third-order valence-electron chi connectivity index (χ3n) is 3.17. The molecule has 1 unspecified atom stereocenters. The molecule has 3 nitrogen and oxygen atoms in total. The highest BCUT2D eigenvalue weighted by atomic mass is 16.7. The maximum atomic E-state index is 5.73. The van der Waals surface area contributed by atoms with Crippen LogP contribution in [-0.4, -0.2) is 33.2 Å². The number of rotatable bonds is 8. The molecule has 17 heavy (non-hydrogen) atoms. The summed E-state index contributed by atoms with van der Waals surface area (Å²) in [5.41, 5.74) is 2.84. The summed E-state index contributed by atoms with van der Waals surface area (Å²) in [6.07, 6.45) is 8.47. The van der Waals surface area contributed by atoms with Crippen molar-refractivity contribution in [1.29, 1.82) is 0 Å². The fraction of sp³-hybridized carbons (Fsp3) is 0.786. The van der Waals surface area contributed by atoms with E-state index in [4.69, 9.17) is 14.2 Å². The molecule has 0 aromatic heterocycles. The first-order chi connectivity index (χ1) is 8.38. The summed E-state index contributed by atoms with van der Waals surface area (Å²) >= 11 is 0. The fourth-order valence-corrected chi connectivity index (χ4v) is 2.23. The van der Waals surface area contributed by atoms with E-state index in [-0.39, 0.29) is 6.10 Å². The van der Waals surface area contributed by atoms with Crippen LogP contribution in [0.1, 0.15) is 32.1 Å². The zero-order chi connectivity index (χ0) is 12.3. The number of methoxy groups -OCH3 is 1. The van der Waals surface area contributed by atoms with Crippen molar-refractivity contribution in [1.82, 2.24) is 0 Å². The lowest BCUT2D eigenvalue weighted by Gasteiger charge is -2.27. The largest absolute Gasteiger partial charge is 0.382 e. The Balaban J connectivity index is 2.24. The van der Waals surface area contributed by atoms with Gasteiger partial charge in [0, 0.05) is 7.11 Å². The number of hydrogen-bond donors (Lipinski definition) is 0. The Morgan fingerprint density at radius 3 is 2.71 bits per heavy atom. The molecule has 0 N–H and O–H groups in total. The van der Waals surface area contributed by atoms with E-state index in [1.165, 1.54) is 32.1 Å². The zero-order valence-electron chi connectivity index (χ0n) is 10.8. The molecule has 0 bridgehead atoms. The minimum absolute atomic E-state index is 0.107. The smallest absolute Gasteiger partial charge is 0.147 e. The van der Waals surface area contributed by atoms with Crippen LogP contribution in [0.15, 0.2) is 18.4 Å². The van der Waals surface area contributed by atoms with Crippen LogP contribution in [0, 0.1) is 5.92 Å². The van der Waals surface area contributed by atoms with Gasteiger partial charge in [0.2, 0.25) is 0 Å². The average Bonchev–Trinajstić information content (AvgIpc) is 2.38. The molecule has 0 aromatic carbocycles. The van der Waals surface area contributed by atoms with Crippen molar-refractivity contribution in [3.05, 3.63) is 18.4 Å². The highest BCUT2D eigenvalue weighted by molar-refractivity contribution is 4.91. The highest BCUT2D eigenvalue weighted by Gasteiger charge is 2.22. The Morgan fingerprint density at radius 2 is 2.06 bits per heavy atom. The van der Waals surface area contributed by atoms with Crippen molar-refractivity contribution in [3.63, 3.8) is 0 Å². The molecule has 3 heteroatoms. The Kier molecular flexibility index (Phi) is 8.02. The minimum atomic E-state index is 0.107. The molecule has 0 radical (unpaired) electrons. The molecule has 0 saturated heterocycles. The fourth-order valence-electron chi connectivity index (χ4n) is 2.23. The molecule has 1 rings (SSSR count). The SMILES string of the molecule is C=C=CC(OCOCCOC)C1CCCCC1. The normalized spacial score (nSPS) is 18.6. The van der Waals surface area contributed by atoms with Crippen LogP contribution in [0.5, 0.6) is 0 Å². The summed E-state index contributed by atoms with van der Waals surface area (Å²) in [7, 11) is 1.66. The Labute approximate surface area is 104 Å². The van der Waals surface area contributed by atoms with Gasteiger partial charge in [-0.15, -0.1) is 5.73 Å². The van der Waals surface area contributed by atoms with Gasteiger partial charge in [0.05, 0.1) is 19.3 Å². The van der Waals surface area contributed by atoms with Gasteiger partial charge in [0.15, 0.2) is 0 Å². The van der Waals surface area contributed by atoms with E-state index >= 15 is 0 Å².